The fourth-order valence-electron chi connectivity index (χ4n) is 16.5. The summed E-state index contributed by atoms with van der Waals surface area (Å²) in [6.07, 6.45) is 12.9. The average molecular weight is 1710 g/mol. The van der Waals surface area contributed by atoms with Crippen molar-refractivity contribution in [3.63, 3.8) is 0 Å². The third kappa shape index (κ3) is 22.9. The van der Waals surface area contributed by atoms with Crippen molar-refractivity contribution < 1.29 is 32.0 Å². The van der Waals surface area contributed by atoms with Crippen molar-refractivity contribution in [1.29, 1.82) is 0 Å². The van der Waals surface area contributed by atoms with Crippen LogP contribution in [0.15, 0.2) is 309 Å². The van der Waals surface area contributed by atoms with Gasteiger partial charge in [0.15, 0.2) is 6.29 Å². The van der Waals surface area contributed by atoms with Gasteiger partial charge in [0.05, 0.1) is 31.3 Å². The van der Waals surface area contributed by atoms with Crippen molar-refractivity contribution in [2.75, 3.05) is 76.6 Å². The fraction of sp³-hybridized carbons (Fsp3) is 0.305. The number of thiophene rings is 2. The SMILES string of the molecule is C.C.CN(CCO[Si](c1ccccc1)(c1ccccc1)C(C)(C)C)c1ccc(C=Cc2ccc(C=O)s2)c(OCCCCO[Si](c2ccccc2)(c2ccccc2)C(C)(C)C)c1.CN(CCO[Si](c1ccccc1)(c1ccccc1)C(C)(C)C)c1ccc(C=Cc2cccs2)c(OCCCCO[Si](c2ccccc2)(c2ccccc2)C(C)(C)C)c1. The molecule has 2 aromatic heterocycles. The quantitative estimate of drug-likeness (QED) is 0.0215. The lowest BCUT2D eigenvalue weighted by atomic mass is 10.1. The standard InChI is InChI=1S/C52H61NO4SSi2.C51H61NO3SSi2.2CH4/c1-51(2,3)59(46-22-12-8-13-23-46,47-24-14-9-15-25-47)56-38-21-20-37-55-50-40-43(32-30-42(50)31-33-44-34-35-45(41-54)58-44)53(7)36-39-57-60(52(4,5)6,48-26-16-10-17-27-48)49-28-18-11-19-29-49;1-50(2,3)57(45-24-12-8-13-25-45,46-26-14-9-15-27-46)54-38-21-20-37-53-49-41-43(34-32-42(49)33-35-44-23-22-40-56-44)52(7)36-39-55-58(51(4,5)6,47-28-16-10-17-29-47)48-30-18-11-19-31-48;;/h8-19,22-35,40-41H,20-21,36-39H2,1-7H3;8-19,22-35,40-41H,20-21,36-39H2,1-7H3;2*1H4. The number of likely N-dealkylation sites (N-methyl/N-ethyl adjacent to an activating group) is 2. The summed E-state index contributed by atoms with van der Waals surface area (Å²) in [4.78, 5) is 18.9. The Kier molecular flexibility index (Phi) is 34.6. The second-order valence-corrected chi connectivity index (χ2v) is 53.8. The zero-order valence-corrected chi connectivity index (χ0v) is 77.5. The summed E-state index contributed by atoms with van der Waals surface area (Å²) in [5.74, 6) is 1.71. The van der Waals surface area contributed by atoms with Crippen LogP contribution in [0.25, 0.3) is 24.3 Å². The second-order valence-electron chi connectivity index (χ2n) is 34.5. The van der Waals surface area contributed by atoms with Crippen molar-refractivity contribution >= 4 is 139 Å². The zero-order valence-electron chi connectivity index (χ0n) is 71.9. The van der Waals surface area contributed by atoms with Crippen LogP contribution in [0.1, 0.15) is 154 Å². The number of rotatable bonds is 37. The highest BCUT2D eigenvalue weighted by molar-refractivity contribution is 7.14. The predicted octanol–water partition coefficient (Wildman–Crippen LogP) is 22.4. The summed E-state index contributed by atoms with van der Waals surface area (Å²) in [7, 11) is -6.20. The van der Waals surface area contributed by atoms with Gasteiger partial charge in [0.1, 0.15) is 11.5 Å². The number of hydrogen-bond acceptors (Lipinski definition) is 11. The van der Waals surface area contributed by atoms with E-state index in [1.807, 2.05) is 12.1 Å². The Morgan fingerprint density at radius 1 is 0.300 bits per heavy atom. The maximum Gasteiger partial charge on any atom is 0.261 e. The van der Waals surface area contributed by atoms with Crippen molar-refractivity contribution in [1.82, 2.24) is 0 Å². The van der Waals surface area contributed by atoms with E-state index in [9.17, 15) is 4.79 Å². The van der Waals surface area contributed by atoms with Crippen LogP contribution < -0.4 is 60.8 Å². The molecular formula is C105H130N2O7S2Si4. The summed E-state index contributed by atoms with van der Waals surface area (Å²) < 4.78 is 42.1. The van der Waals surface area contributed by atoms with Gasteiger partial charge in [-0.15, -0.1) is 22.7 Å². The largest absolute Gasteiger partial charge is 0.493 e. The van der Waals surface area contributed by atoms with Gasteiger partial charge < -0.3 is 37.0 Å². The van der Waals surface area contributed by atoms with Gasteiger partial charge in [0, 0.05) is 84.8 Å². The monoisotopic (exact) mass is 1710 g/mol. The molecule has 0 aliphatic heterocycles. The van der Waals surface area contributed by atoms with Crippen LogP contribution in [0.4, 0.5) is 11.4 Å². The van der Waals surface area contributed by atoms with Gasteiger partial charge in [-0.1, -0.05) is 347 Å². The Bertz CT molecular complexity index is 4890. The van der Waals surface area contributed by atoms with Crippen LogP contribution >= 0.6 is 22.7 Å². The summed E-state index contributed by atoms with van der Waals surface area (Å²) in [6, 6.07) is 108. The Hall–Kier alpha value is -9.34. The van der Waals surface area contributed by atoms with Gasteiger partial charge in [-0.05, 0) is 159 Å². The molecule has 10 aromatic carbocycles. The number of benzene rings is 10. The first-order valence-electron chi connectivity index (χ1n) is 41.8. The highest BCUT2D eigenvalue weighted by atomic mass is 32.1. The molecule has 0 aliphatic rings. The molecule has 0 unspecified atom stereocenters. The minimum atomic E-state index is -2.66. The van der Waals surface area contributed by atoms with Crippen LogP contribution in [0.3, 0.4) is 0 Å². The molecule has 0 fully saturated rings. The molecule has 0 aliphatic carbocycles. The van der Waals surface area contributed by atoms with Gasteiger partial charge in [-0.3, -0.25) is 4.79 Å². The molecule has 9 nitrogen and oxygen atoms in total. The summed E-state index contributed by atoms with van der Waals surface area (Å²) in [6.45, 7) is 33.0. The Morgan fingerprint density at radius 3 is 0.825 bits per heavy atom. The van der Waals surface area contributed by atoms with Crippen LogP contribution in [0, 0.1) is 0 Å². The highest BCUT2D eigenvalue weighted by Crippen LogP contribution is 2.42. The summed E-state index contributed by atoms with van der Waals surface area (Å²) in [5.41, 5.74) is 4.21. The van der Waals surface area contributed by atoms with Crippen LogP contribution in [0.5, 0.6) is 11.5 Å². The predicted molar refractivity (Wildman–Crippen MR) is 529 cm³/mol. The number of ether oxygens (including phenoxy) is 2. The molecule has 12 rings (SSSR count). The third-order valence-electron chi connectivity index (χ3n) is 22.4. The first-order chi connectivity index (χ1) is 56.8. The Balaban J connectivity index is 0.000000269. The molecule has 0 amide bonds. The lowest BCUT2D eigenvalue weighted by molar-refractivity contribution is 0.112. The maximum atomic E-state index is 11.4. The van der Waals surface area contributed by atoms with E-state index in [1.54, 1.807) is 11.3 Å². The van der Waals surface area contributed by atoms with E-state index in [1.165, 1.54) is 57.7 Å². The van der Waals surface area contributed by atoms with E-state index >= 15 is 0 Å². The number of anilines is 2. The van der Waals surface area contributed by atoms with Crippen LogP contribution in [-0.4, -0.2) is 106 Å². The molecule has 2 heterocycles. The van der Waals surface area contributed by atoms with E-state index in [4.69, 9.17) is 27.2 Å². The lowest BCUT2D eigenvalue weighted by Gasteiger charge is -2.43. The molecule has 0 saturated heterocycles. The maximum absolute atomic E-state index is 11.4. The van der Waals surface area contributed by atoms with E-state index in [2.05, 4.69) is 428 Å². The second kappa shape index (κ2) is 43.9. The van der Waals surface area contributed by atoms with Crippen LogP contribution in [0.2, 0.25) is 20.2 Å². The Labute approximate surface area is 732 Å². The summed E-state index contributed by atoms with van der Waals surface area (Å²) in [5, 5.41) is 12.2. The highest BCUT2D eigenvalue weighted by Gasteiger charge is 2.53. The molecule has 0 atom stereocenters. The molecule has 15 heteroatoms. The molecule has 0 spiro atoms. The van der Waals surface area contributed by atoms with E-state index in [0.717, 1.165) is 77.4 Å². The molecule has 0 N–H and O–H groups in total. The molecular weight excluding hydrogens is 1580 g/mol. The molecule has 630 valence electrons. The number of carbonyl (C=O) groups excluding carboxylic acids is 1. The third-order valence-corrected chi connectivity index (χ3v) is 44.4. The number of hydrogen-bond donors (Lipinski definition) is 0. The van der Waals surface area contributed by atoms with Crippen LogP contribution in [-0.2, 0) is 17.7 Å². The molecule has 0 saturated carbocycles. The van der Waals surface area contributed by atoms with Crippen molar-refractivity contribution in [2.24, 2.45) is 0 Å². The topological polar surface area (TPSA) is 78.9 Å². The number of nitrogens with zero attached hydrogens (tertiary/aromatic N) is 2. The van der Waals surface area contributed by atoms with E-state index in [-0.39, 0.29) is 35.0 Å². The smallest absolute Gasteiger partial charge is 0.261 e. The lowest BCUT2D eigenvalue weighted by Crippen LogP contribution is -2.67. The Morgan fingerprint density at radius 2 is 0.567 bits per heavy atom. The normalized spacial score (nSPS) is 12.3. The number of unbranched alkanes of at least 4 members (excludes halogenated alkanes) is 2. The molecule has 0 radical (unpaired) electrons. The van der Waals surface area contributed by atoms with Crippen molar-refractivity contribution in [3.8, 4) is 11.5 Å². The van der Waals surface area contributed by atoms with E-state index in [0.29, 0.717) is 51.1 Å². The van der Waals surface area contributed by atoms with Gasteiger partial charge in [-0.25, -0.2) is 0 Å². The molecule has 0 bridgehead atoms. The number of carbonyl (C=O) groups is 1. The van der Waals surface area contributed by atoms with Gasteiger partial charge in [0.25, 0.3) is 33.3 Å². The van der Waals surface area contributed by atoms with Crippen molar-refractivity contribution in [2.45, 2.75) is 144 Å². The average Bonchev–Trinajstić information content (AvgIpc) is 1.17. The van der Waals surface area contributed by atoms with Crippen molar-refractivity contribution in [3.05, 3.63) is 334 Å². The summed E-state index contributed by atoms with van der Waals surface area (Å²) >= 11 is 3.21. The van der Waals surface area contributed by atoms with Gasteiger partial charge >= 0.3 is 0 Å². The molecule has 120 heavy (non-hydrogen) atoms. The minimum Gasteiger partial charge on any atom is -0.493 e. The van der Waals surface area contributed by atoms with Gasteiger partial charge in [-0.2, -0.15) is 0 Å². The first kappa shape index (κ1) is 94.5. The minimum absolute atomic E-state index is 0. The van der Waals surface area contributed by atoms with E-state index < -0.39 is 33.3 Å². The molecule has 12 aromatic rings. The number of aldehydes is 1. The first-order valence-corrected chi connectivity index (χ1v) is 51.1. The fourth-order valence-corrected chi connectivity index (χ4v) is 36.2. The van der Waals surface area contributed by atoms with Gasteiger partial charge in [0.2, 0.25) is 0 Å². The zero-order chi connectivity index (χ0) is 83.7.